The lowest BCUT2D eigenvalue weighted by atomic mass is 9.86. The fraction of sp³-hybridized carbons (Fsp3) is 0.433. The second-order valence-corrected chi connectivity index (χ2v) is 11.6. The van der Waals surface area contributed by atoms with Crippen LogP contribution in [-0.4, -0.2) is 49.4 Å². The average Bonchev–Trinajstić information content (AvgIpc) is 3.62. The summed E-state index contributed by atoms with van der Waals surface area (Å²) in [4.78, 5) is 25.5. The highest BCUT2D eigenvalue weighted by molar-refractivity contribution is 5.84. The first-order chi connectivity index (χ1) is 18.2. The number of anilines is 1. The van der Waals surface area contributed by atoms with E-state index in [9.17, 15) is 4.79 Å². The molecule has 1 aromatic carbocycles. The predicted molar refractivity (Wildman–Crippen MR) is 149 cm³/mol. The van der Waals surface area contributed by atoms with Crippen molar-refractivity contribution >= 4 is 22.9 Å². The van der Waals surface area contributed by atoms with Gasteiger partial charge < -0.3 is 19.5 Å². The molecule has 0 aliphatic carbocycles. The highest BCUT2D eigenvalue weighted by Crippen LogP contribution is 2.41. The lowest BCUT2D eigenvalue weighted by molar-refractivity contribution is 0.0224. The first-order valence-electron chi connectivity index (χ1n) is 13.5. The number of nitrogens with zero attached hydrogens (tertiary/aromatic N) is 5. The summed E-state index contributed by atoms with van der Waals surface area (Å²) in [5.74, 6) is 1.12. The first-order valence-corrected chi connectivity index (χ1v) is 13.5. The van der Waals surface area contributed by atoms with Gasteiger partial charge in [0, 0.05) is 56.1 Å². The van der Waals surface area contributed by atoms with Crippen molar-refractivity contribution in [1.82, 2.24) is 24.6 Å². The Balaban J connectivity index is 1.45. The monoisotopic (exact) mass is 512 g/mol. The van der Waals surface area contributed by atoms with Crippen LogP contribution in [0.1, 0.15) is 61.9 Å². The van der Waals surface area contributed by atoms with Crippen molar-refractivity contribution in [2.75, 3.05) is 18.0 Å². The highest BCUT2D eigenvalue weighted by Gasteiger charge is 2.36. The Morgan fingerprint density at radius 2 is 2.00 bits per heavy atom. The molecule has 5 heterocycles. The van der Waals surface area contributed by atoms with Crippen molar-refractivity contribution < 1.29 is 9.53 Å². The maximum Gasteiger partial charge on any atom is 0.410 e. The van der Waals surface area contributed by atoms with Crippen molar-refractivity contribution in [3.8, 4) is 11.1 Å². The Hall–Kier alpha value is -3.81. The number of rotatable bonds is 3. The molecule has 0 unspecified atom stereocenters. The molecule has 8 nitrogen and oxygen atoms in total. The van der Waals surface area contributed by atoms with Gasteiger partial charge in [-0.25, -0.2) is 9.78 Å². The number of ether oxygens (including phenoxy) is 1. The second kappa shape index (κ2) is 9.19. The van der Waals surface area contributed by atoms with Gasteiger partial charge in [0.1, 0.15) is 17.1 Å². The number of aromatic nitrogens is 4. The minimum atomic E-state index is -0.523. The Kier molecular flexibility index (Phi) is 5.93. The highest BCUT2D eigenvalue weighted by atomic mass is 16.6. The van der Waals surface area contributed by atoms with Crippen molar-refractivity contribution in [2.45, 2.75) is 65.1 Å². The normalized spacial score (nSPS) is 17.8. The average molecular weight is 513 g/mol. The molecule has 0 saturated carbocycles. The quantitative estimate of drug-likeness (QED) is 0.369. The molecule has 2 aliphatic heterocycles. The molecule has 1 saturated heterocycles. The van der Waals surface area contributed by atoms with Crippen LogP contribution in [0.2, 0.25) is 0 Å². The topological polar surface area (TPSA) is 79.3 Å². The maximum atomic E-state index is 13.2. The van der Waals surface area contributed by atoms with Crippen LogP contribution in [0.4, 0.5) is 10.6 Å². The summed E-state index contributed by atoms with van der Waals surface area (Å²) in [6, 6.07) is 8.92. The van der Waals surface area contributed by atoms with Crippen LogP contribution in [-0.2, 0) is 24.8 Å². The van der Waals surface area contributed by atoms with E-state index < -0.39 is 5.60 Å². The molecular formula is C30H36N6O2. The minimum Gasteiger partial charge on any atom is -0.444 e. The van der Waals surface area contributed by atoms with E-state index in [0.717, 1.165) is 66.9 Å². The number of likely N-dealkylation sites (tertiary alicyclic amines) is 1. The zero-order chi connectivity index (χ0) is 26.6. The van der Waals surface area contributed by atoms with Gasteiger partial charge >= 0.3 is 6.09 Å². The summed E-state index contributed by atoms with van der Waals surface area (Å²) in [5, 5.41) is 5.52. The zero-order valence-electron chi connectivity index (χ0n) is 22.9. The number of benzene rings is 1. The number of fused-ring (bicyclic) bond motifs is 2. The molecule has 2 aliphatic rings. The number of aryl methyl sites for hydroxylation is 2. The number of H-pyrrole nitrogens is 1. The third-order valence-electron chi connectivity index (χ3n) is 7.80. The van der Waals surface area contributed by atoms with Crippen LogP contribution in [0.25, 0.3) is 22.2 Å². The van der Waals surface area contributed by atoms with Gasteiger partial charge in [-0.1, -0.05) is 0 Å². The maximum absolute atomic E-state index is 13.2. The molecule has 0 bridgehead atoms. The van der Waals surface area contributed by atoms with E-state index in [2.05, 4.69) is 46.2 Å². The SMILES string of the molecule is Cc1c[nH]c2ncc(-c3cc4c(c([C@@H]5CCCN5C(=O)OC(C)(C)C)c3)CCN(c3ccnn3C)C4)cc12. The number of carbonyl (C=O) groups excluding carboxylic acids is 1. The van der Waals surface area contributed by atoms with Gasteiger partial charge in [0.05, 0.1) is 12.2 Å². The van der Waals surface area contributed by atoms with Crippen molar-refractivity contribution in [1.29, 1.82) is 0 Å². The molecule has 6 rings (SSSR count). The molecule has 3 aromatic heterocycles. The molecule has 8 heteroatoms. The summed E-state index contributed by atoms with van der Waals surface area (Å²) in [5.41, 5.74) is 7.69. The number of hydrogen-bond acceptors (Lipinski definition) is 5. The fourth-order valence-electron chi connectivity index (χ4n) is 5.99. The van der Waals surface area contributed by atoms with Gasteiger partial charge in [-0.15, -0.1) is 0 Å². The van der Waals surface area contributed by atoms with Gasteiger partial charge in [0.2, 0.25) is 0 Å². The Labute approximate surface area is 223 Å². The molecular weight excluding hydrogens is 476 g/mol. The first kappa shape index (κ1) is 24.5. The second-order valence-electron chi connectivity index (χ2n) is 11.6. The molecule has 1 atom stereocenters. The summed E-state index contributed by atoms with van der Waals surface area (Å²) >= 11 is 0. The summed E-state index contributed by atoms with van der Waals surface area (Å²) in [6.07, 6.45) is 8.41. The Bertz CT molecular complexity index is 1510. The summed E-state index contributed by atoms with van der Waals surface area (Å²) in [6.45, 7) is 10.3. The number of hydrogen-bond donors (Lipinski definition) is 1. The molecule has 4 aromatic rings. The standard InChI is InChI=1S/C30H36N6O2/c1-19-16-31-28-24(19)15-21(17-32-28)20-13-22-18-35(27-8-10-33-34(27)5)12-9-23(22)25(14-20)26-7-6-11-36(26)29(37)38-30(2,3)4/h8,10,13-17,26H,6-7,9,11-12,18H2,1-5H3,(H,31,32)/t26-/m0/s1. The molecule has 0 spiro atoms. The van der Waals surface area contributed by atoms with Crippen molar-refractivity contribution in [2.24, 2.45) is 7.05 Å². The van der Waals surface area contributed by atoms with Gasteiger partial charge in [-0.3, -0.25) is 4.68 Å². The third-order valence-corrected chi connectivity index (χ3v) is 7.80. The summed E-state index contributed by atoms with van der Waals surface area (Å²) < 4.78 is 7.75. The smallest absolute Gasteiger partial charge is 0.410 e. The summed E-state index contributed by atoms with van der Waals surface area (Å²) in [7, 11) is 1.99. The predicted octanol–water partition coefficient (Wildman–Crippen LogP) is 5.91. The van der Waals surface area contributed by atoms with Gasteiger partial charge in [-0.2, -0.15) is 5.10 Å². The van der Waals surface area contributed by atoms with Crippen LogP contribution in [0.5, 0.6) is 0 Å². The van der Waals surface area contributed by atoms with Crippen molar-refractivity contribution in [3.05, 3.63) is 65.1 Å². The Morgan fingerprint density at radius 3 is 2.76 bits per heavy atom. The van der Waals surface area contributed by atoms with E-state index in [-0.39, 0.29) is 12.1 Å². The van der Waals surface area contributed by atoms with E-state index in [1.165, 1.54) is 22.3 Å². The Morgan fingerprint density at radius 1 is 1.16 bits per heavy atom. The number of amides is 1. The fourth-order valence-corrected chi connectivity index (χ4v) is 5.99. The minimum absolute atomic E-state index is 0.00693. The van der Waals surface area contributed by atoms with Crippen LogP contribution >= 0.6 is 0 Å². The third kappa shape index (κ3) is 4.42. The van der Waals surface area contributed by atoms with Crippen molar-refractivity contribution in [3.63, 3.8) is 0 Å². The van der Waals surface area contributed by atoms with E-state index in [1.54, 1.807) is 0 Å². The molecule has 1 fully saturated rings. The van der Waals surface area contributed by atoms with Crippen LogP contribution in [0, 0.1) is 6.92 Å². The van der Waals surface area contributed by atoms with E-state index in [1.807, 2.05) is 56.0 Å². The van der Waals surface area contributed by atoms with Gasteiger partial charge in [0.25, 0.3) is 0 Å². The number of carbonyl (C=O) groups is 1. The van der Waals surface area contributed by atoms with Crippen LogP contribution in [0.15, 0.2) is 42.9 Å². The molecule has 198 valence electrons. The number of pyridine rings is 1. The van der Waals surface area contributed by atoms with E-state index in [0.29, 0.717) is 0 Å². The molecule has 38 heavy (non-hydrogen) atoms. The zero-order valence-corrected chi connectivity index (χ0v) is 22.9. The van der Waals surface area contributed by atoms with Crippen LogP contribution in [0.3, 0.4) is 0 Å². The van der Waals surface area contributed by atoms with E-state index >= 15 is 0 Å². The molecule has 1 amide bonds. The lowest BCUT2D eigenvalue weighted by Gasteiger charge is -2.35. The molecule has 0 radical (unpaired) electrons. The number of nitrogens with one attached hydrogen (secondary N) is 1. The van der Waals surface area contributed by atoms with Crippen LogP contribution < -0.4 is 4.90 Å². The lowest BCUT2D eigenvalue weighted by Crippen LogP contribution is -2.37. The number of aromatic amines is 1. The van der Waals surface area contributed by atoms with Gasteiger partial charge in [0.15, 0.2) is 0 Å². The largest absolute Gasteiger partial charge is 0.444 e. The van der Waals surface area contributed by atoms with Gasteiger partial charge in [-0.05, 0) is 93.0 Å². The van der Waals surface area contributed by atoms with E-state index in [4.69, 9.17) is 9.72 Å². The molecule has 1 N–H and O–H groups in total.